The molecule has 23 heavy (non-hydrogen) atoms. The van der Waals surface area contributed by atoms with Crippen LogP contribution in [0.1, 0.15) is 79.6 Å². The Bertz CT molecular complexity index is 494. The van der Waals surface area contributed by atoms with Crippen LogP contribution in [0.15, 0.2) is 11.6 Å². The number of fused-ring (bicyclic) bond motifs is 3. The van der Waals surface area contributed by atoms with E-state index in [0.29, 0.717) is 17.3 Å². The van der Waals surface area contributed by atoms with E-state index < -0.39 is 0 Å². The first-order chi connectivity index (χ1) is 10.6. The summed E-state index contributed by atoms with van der Waals surface area (Å²) in [5.74, 6) is 1.27. The van der Waals surface area contributed by atoms with Crippen LogP contribution in [-0.2, 0) is 0 Å². The third-order valence-corrected chi connectivity index (χ3v) is 8.11. The van der Waals surface area contributed by atoms with Crippen molar-refractivity contribution in [3.05, 3.63) is 11.6 Å². The lowest BCUT2D eigenvalue weighted by molar-refractivity contribution is -0.129. The third kappa shape index (κ3) is 2.52. The smallest absolute Gasteiger partial charge is 0.0625 e. The summed E-state index contributed by atoms with van der Waals surface area (Å²) >= 11 is 0. The fraction of sp³-hybridized carbons (Fsp3) is 0.905. The van der Waals surface area contributed by atoms with Gasteiger partial charge >= 0.3 is 0 Å². The largest absolute Gasteiger partial charge is 0.393 e. The van der Waals surface area contributed by atoms with Gasteiger partial charge in [-0.15, -0.1) is 0 Å². The van der Waals surface area contributed by atoms with Gasteiger partial charge in [-0.3, -0.25) is 0 Å². The maximum atomic E-state index is 10.5. The molecule has 0 aromatic carbocycles. The first-order valence-corrected chi connectivity index (χ1v) is 9.73. The Kier molecular flexibility index (Phi) is 4.25. The van der Waals surface area contributed by atoms with Gasteiger partial charge in [0.25, 0.3) is 0 Å². The molecule has 2 saturated carbocycles. The summed E-state index contributed by atoms with van der Waals surface area (Å²) in [7, 11) is 0. The summed E-state index contributed by atoms with van der Waals surface area (Å²) in [6.45, 7) is 11.4. The predicted octanol–water partition coefficient (Wildman–Crippen LogP) is 4.70. The fourth-order valence-corrected chi connectivity index (χ4v) is 6.47. The number of aliphatic hydroxyl groups excluding tert-OH is 2. The van der Waals surface area contributed by atoms with E-state index >= 15 is 0 Å². The van der Waals surface area contributed by atoms with Crippen molar-refractivity contribution in [1.29, 1.82) is 0 Å². The fourth-order valence-electron chi connectivity index (χ4n) is 6.47. The monoisotopic (exact) mass is 320 g/mol. The minimum absolute atomic E-state index is 0.0300. The molecule has 0 heterocycles. The van der Waals surface area contributed by atoms with Gasteiger partial charge in [0.05, 0.1) is 12.2 Å². The van der Waals surface area contributed by atoms with E-state index in [9.17, 15) is 10.2 Å². The number of hydrogen-bond donors (Lipinski definition) is 2. The minimum atomic E-state index is -0.217. The normalized spacial score (nSPS) is 47.3. The Balaban J connectivity index is 1.93. The first kappa shape index (κ1) is 17.5. The van der Waals surface area contributed by atoms with Crippen LogP contribution in [-0.4, -0.2) is 22.4 Å². The summed E-state index contributed by atoms with van der Waals surface area (Å²) in [6.07, 6.45) is 9.68. The van der Waals surface area contributed by atoms with Gasteiger partial charge < -0.3 is 10.2 Å². The molecule has 0 saturated heterocycles. The molecule has 6 atom stereocenters. The van der Waals surface area contributed by atoms with Crippen LogP contribution in [0.4, 0.5) is 0 Å². The highest BCUT2D eigenvalue weighted by molar-refractivity contribution is 5.25. The molecule has 0 aromatic rings. The molecule has 0 spiro atoms. The van der Waals surface area contributed by atoms with E-state index in [-0.39, 0.29) is 23.0 Å². The van der Waals surface area contributed by atoms with Crippen LogP contribution < -0.4 is 0 Å². The zero-order valence-corrected chi connectivity index (χ0v) is 15.7. The maximum Gasteiger partial charge on any atom is 0.0625 e. The number of allylic oxidation sites excluding steroid dienone is 1. The van der Waals surface area contributed by atoms with Gasteiger partial charge in [0, 0.05) is 5.41 Å². The Labute approximate surface area is 142 Å². The number of aliphatic hydroxyl groups is 2. The molecule has 0 radical (unpaired) electrons. The van der Waals surface area contributed by atoms with Crippen LogP contribution in [0.3, 0.4) is 0 Å². The van der Waals surface area contributed by atoms with E-state index in [1.54, 1.807) is 5.57 Å². The zero-order chi connectivity index (χ0) is 17.0. The molecule has 0 aliphatic heterocycles. The highest BCUT2D eigenvalue weighted by Gasteiger charge is 2.57. The molecule has 2 fully saturated rings. The topological polar surface area (TPSA) is 40.5 Å². The van der Waals surface area contributed by atoms with Crippen LogP contribution in [0.5, 0.6) is 0 Å². The molecule has 2 nitrogen and oxygen atoms in total. The first-order valence-electron chi connectivity index (χ1n) is 9.73. The molecule has 0 amide bonds. The summed E-state index contributed by atoms with van der Waals surface area (Å²) < 4.78 is 0. The van der Waals surface area contributed by atoms with Gasteiger partial charge in [-0.1, -0.05) is 46.3 Å². The standard InChI is InChI=1S/C21H36O2/c1-6-17(22)20(4)11-9-15-14(13-20)7-8-16-19(2,3)18(23)10-12-21(15,16)5/h13,15-18,22-23H,6-12H2,1-5H3/t15?,16?,17?,18-,20?,21+/m1/s1. The van der Waals surface area contributed by atoms with Crippen molar-refractivity contribution in [2.75, 3.05) is 0 Å². The molecule has 2 heteroatoms. The molecule has 3 aliphatic carbocycles. The second-order valence-electron chi connectivity index (χ2n) is 9.71. The molecule has 3 rings (SSSR count). The van der Waals surface area contributed by atoms with Gasteiger partial charge in [-0.2, -0.15) is 0 Å². The summed E-state index contributed by atoms with van der Waals surface area (Å²) in [5.41, 5.74) is 1.93. The van der Waals surface area contributed by atoms with Crippen molar-refractivity contribution < 1.29 is 10.2 Å². The Morgan fingerprint density at radius 1 is 1.13 bits per heavy atom. The van der Waals surface area contributed by atoms with Crippen molar-refractivity contribution in [3.8, 4) is 0 Å². The Morgan fingerprint density at radius 3 is 2.48 bits per heavy atom. The van der Waals surface area contributed by atoms with Gasteiger partial charge in [0.1, 0.15) is 0 Å². The van der Waals surface area contributed by atoms with Crippen LogP contribution in [0, 0.1) is 28.1 Å². The van der Waals surface area contributed by atoms with Gasteiger partial charge in [-0.05, 0) is 67.6 Å². The second kappa shape index (κ2) is 5.59. The lowest BCUT2D eigenvalue weighted by atomic mass is 9.45. The minimum Gasteiger partial charge on any atom is -0.393 e. The molecule has 2 N–H and O–H groups in total. The van der Waals surface area contributed by atoms with E-state index in [1.807, 2.05) is 0 Å². The number of rotatable bonds is 2. The Hall–Kier alpha value is -0.340. The highest BCUT2D eigenvalue weighted by Crippen LogP contribution is 2.63. The van der Waals surface area contributed by atoms with Crippen molar-refractivity contribution in [2.45, 2.75) is 91.8 Å². The maximum absolute atomic E-state index is 10.5. The van der Waals surface area contributed by atoms with Crippen LogP contribution in [0.25, 0.3) is 0 Å². The molecular weight excluding hydrogens is 284 g/mol. The van der Waals surface area contributed by atoms with Crippen LogP contribution in [0.2, 0.25) is 0 Å². The average molecular weight is 321 g/mol. The Morgan fingerprint density at radius 2 is 1.83 bits per heavy atom. The molecule has 0 aromatic heterocycles. The van der Waals surface area contributed by atoms with E-state index in [0.717, 1.165) is 32.1 Å². The summed E-state index contributed by atoms with van der Waals surface area (Å²) in [5, 5.41) is 21.0. The van der Waals surface area contributed by atoms with E-state index in [4.69, 9.17) is 0 Å². The quantitative estimate of drug-likeness (QED) is 0.724. The third-order valence-electron chi connectivity index (χ3n) is 8.11. The summed E-state index contributed by atoms with van der Waals surface area (Å²) in [4.78, 5) is 0. The lowest BCUT2D eigenvalue weighted by Gasteiger charge is -2.61. The second-order valence-corrected chi connectivity index (χ2v) is 9.71. The molecular formula is C21H36O2. The average Bonchev–Trinajstić information content (AvgIpc) is 2.50. The SMILES string of the molecule is CCC(O)C1(C)C=C2CCC3C(C)(C)[C@H](O)CC[C@@]3(C)C2CC1. The molecule has 4 unspecified atom stereocenters. The van der Waals surface area contributed by atoms with Gasteiger partial charge in [0.15, 0.2) is 0 Å². The lowest BCUT2D eigenvalue weighted by Crippen LogP contribution is -2.55. The zero-order valence-electron chi connectivity index (χ0n) is 15.7. The van der Waals surface area contributed by atoms with Gasteiger partial charge in [-0.25, -0.2) is 0 Å². The van der Waals surface area contributed by atoms with Crippen molar-refractivity contribution in [3.63, 3.8) is 0 Å². The summed E-state index contributed by atoms with van der Waals surface area (Å²) in [6, 6.07) is 0. The van der Waals surface area contributed by atoms with Crippen molar-refractivity contribution in [1.82, 2.24) is 0 Å². The van der Waals surface area contributed by atoms with Crippen molar-refractivity contribution >= 4 is 0 Å². The number of hydrogen-bond acceptors (Lipinski definition) is 2. The molecule has 132 valence electrons. The predicted molar refractivity (Wildman–Crippen MR) is 95.1 cm³/mol. The molecule has 3 aliphatic rings. The van der Waals surface area contributed by atoms with E-state index in [2.05, 4.69) is 40.7 Å². The van der Waals surface area contributed by atoms with Gasteiger partial charge in [0.2, 0.25) is 0 Å². The molecule has 0 bridgehead atoms. The highest BCUT2D eigenvalue weighted by atomic mass is 16.3. The van der Waals surface area contributed by atoms with Crippen LogP contribution >= 0.6 is 0 Å². The van der Waals surface area contributed by atoms with E-state index in [1.165, 1.54) is 12.8 Å². The van der Waals surface area contributed by atoms with Crippen molar-refractivity contribution in [2.24, 2.45) is 28.1 Å².